The second-order valence-corrected chi connectivity index (χ2v) is 2.46. The number of rotatable bonds is 2. The molecule has 1 aromatic rings. The number of hydrogen-bond acceptors (Lipinski definition) is 2. The molecule has 1 rings (SSSR count). The van der Waals surface area contributed by atoms with Gasteiger partial charge in [0, 0.05) is 6.04 Å². The lowest BCUT2D eigenvalue weighted by molar-refractivity contribution is 0.910. The molecule has 0 heterocycles. The van der Waals surface area contributed by atoms with Crippen molar-refractivity contribution in [2.45, 2.75) is 6.04 Å². The maximum atomic E-state index is 8.72. The SMILES string of the molecule is C=C[C@H](N)c1ccccc1C#N.Cl. The fourth-order valence-electron chi connectivity index (χ4n) is 1.02. The van der Waals surface area contributed by atoms with Gasteiger partial charge in [-0.15, -0.1) is 19.0 Å². The summed E-state index contributed by atoms with van der Waals surface area (Å²) >= 11 is 0. The van der Waals surface area contributed by atoms with Gasteiger partial charge >= 0.3 is 0 Å². The van der Waals surface area contributed by atoms with Crippen LogP contribution in [0.4, 0.5) is 0 Å². The van der Waals surface area contributed by atoms with Crippen LogP contribution < -0.4 is 5.73 Å². The molecule has 2 nitrogen and oxygen atoms in total. The highest BCUT2D eigenvalue weighted by atomic mass is 35.5. The van der Waals surface area contributed by atoms with Crippen LogP contribution in [0.5, 0.6) is 0 Å². The summed E-state index contributed by atoms with van der Waals surface area (Å²) in [6.07, 6.45) is 1.62. The van der Waals surface area contributed by atoms with Crippen molar-refractivity contribution in [1.29, 1.82) is 5.26 Å². The van der Waals surface area contributed by atoms with E-state index >= 15 is 0 Å². The van der Waals surface area contributed by atoms with Crippen LogP contribution in [-0.4, -0.2) is 0 Å². The lowest BCUT2D eigenvalue weighted by Gasteiger charge is -2.07. The van der Waals surface area contributed by atoms with E-state index < -0.39 is 0 Å². The normalized spacial score (nSPS) is 10.8. The summed E-state index contributed by atoms with van der Waals surface area (Å²) in [5.41, 5.74) is 7.15. The third kappa shape index (κ3) is 2.59. The molecular weight excluding hydrogens is 184 g/mol. The van der Waals surface area contributed by atoms with Crippen molar-refractivity contribution in [3.8, 4) is 6.07 Å². The Kier molecular flexibility index (Phi) is 4.83. The van der Waals surface area contributed by atoms with Gasteiger partial charge in [-0.2, -0.15) is 5.26 Å². The average Bonchev–Trinajstić information content (AvgIpc) is 2.16. The molecule has 13 heavy (non-hydrogen) atoms. The molecule has 0 amide bonds. The Morgan fingerprint density at radius 1 is 1.46 bits per heavy atom. The van der Waals surface area contributed by atoms with E-state index in [1.165, 1.54) is 0 Å². The minimum atomic E-state index is -0.249. The Morgan fingerprint density at radius 3 is 2.62 bits per heavy atom. The van der Waals surface area contributed by atoms with Gasteiger partial charge in [0.2, 0.25) is 0 Å². The van der Waals surface area contributed by atoms with Gasteiger partial charge in [0.15, 0.2) is 0 Å². The minimum absolute atomic E-state index is 0. The zero-order valence-corrected chi connectivity index (χ0v) is 7.92. The molecule has 1 atom stereocenters. The molecule has 0 fully saturated rings. The number of nitriles is 1. The van der Waals surface area contributed by atoms with E-state index in [9.17, 15) is 0 Å². The fourth-order valence-corrected chi connectivity index (χ4v) is 1.02. The van der Waals surface area contributed by atoms with Crippen LogP contribution in [0.3, 0.4) is 0 Å². The van der Waals surface area contributed by atoms with Crippen LogP contribution in [0.15, 0.2) is 36.9 Å². The number of halogens is 1. The predicted octanol–water partition coefficient (Wildman–Crippen LogP) is 2.17. The van der Waals surface area contributed by atoms with Crippen molar-refractivity contribution < 1.29 is 0 Å². The van der Waals surface area contributed by atoms with Gasteiger partial charge in [-0.1, -0.05) is 24.3 Å². The topological polar surface area (TPSA) is 49.8 Å². The molecule has 0 aliphatic carbocycles. The monoisotopic (exact) mass is 194 g/mol. The van der Waals surface area contributed by atoms with E-state index in [1.54, 1.807) is 12.1 Å². The van der Waals surface area contributed by atoms with Gasteiger partial charge in [0.1, 0.15) is 0 Å². The summed E-state index contributed by atoms with van der Waals surface area (Å²) in [6, 6.07) is 9.10. The number of benzene rings is 1. The third-order valence-corrected chi connectivity index (χ3v) is 1.69. The minimum Gasteiger partial charge on any atom is -0.321 e. The van der Waals surface area contributed by atoms with Gasteiger partial charge in [0.25, 0.3) is 0 Å². The Balaban J connectivity index is 0.00000144. The largest absolute Gasteiger partial charge is 0.321 e. The smallest absolute Gasteiger partial charge is 0.0995 e. The summed E-state index contributed by atoms with van der Waals surface area (Å²) in [6.45, 7) is 3.58. The Bertz CT molecular complexity index is 328. The number of nitrogens with two attached hydrogens (primary N) is 1. The Hall–Kier alpha value is -1.30. The van der Waals surface area contributed by atoms with Crippen LogP contribution in [0, 0.1) is 11.3 Å². The quantitative estimate of drug-likeness (QED) is 0.734. The molecule has 0 radical (unpaired) electrons. The molecule has 0 unspecified atom stereocenters. The molecular formula is C10H11ClN2. The highest BCUT2D eigenvalue weighted by molar-refractivity contribution is 5.85. The van der Waals surface area contributed by atoms with Crippen molar-refractivity contribution in [3.05, 3.63) is 48.0 Å². The molecule has 0 aliphatic heterocycles. The molecule has 0 aromatic heterocycles. The first-order valence-corrected chi connectivity index (χ1v) is 3.66. The van der Waals surface area contributed by atoms with Gasteiger partial charge in [-0.3, -0.25) is 0 Å². The molecule has 2 N–H and O–H groups in total. The summed E-state index contributed by atoms with van der Waals surface area (Å²) in [5, 5.41) is 8.72. The molecule has 0 bridgehead atoms. The van der Waals surface area contributed by atoms with Crippen molar-refractivity contribution >= 4 is 12.4 Å². The molecule has 0 spiro atoms. The fraction of sp³-hybridized carbons (Fsp3) is 0.100. The number of hydrogen-bond donors (Lipinski definition) is 1. The van der Waals surface area contributed by atoms with E-state index in [4.69, 9.17) is 11.0 Å². The van der Waals surface area contributed by atoms with Gasteiger partial charge in [-0.25, -0.2) is 0 Å². The maximum Gasteiger partial charge on any atom is 0.0995 e. The lowest BCUT2D eigenvalue weighted by Crippen LogP contribution is -2.08. The van der Waals surface area contributed by atoms with E-state index in [0.29, 0.717) is 5.56 Å². The second kappa shape index (κ2) is 5.36. The summed E-state index contributed by atoms with van der Waals surface area (Å²) < 4.78 is 0. The van der Waals surface area contributed by atoms with Crippen LogP contribution in [0.25, 0.3) is 0 Å². The van der Waals surface area contributed by atoms with Crippen molar-refractivity contribution in [1.82, 2.24) is 0 Å². The average molecular weight is 195 g/mol. The highest BCUT2D eigenvalue weighted by Gasteiger charge is 2.05. The molecule has 0 saturated heterocycles. The van der Waals surface area contributed by atoms with E-state index in [-0.39, 0.29) is 18.4 Å². The van der Waals surface area contributed by atoms with E-state index in [1.807, 2.05) is 18.2 Å². The van der Waals surface area contributed by atoms with Crippen molar-refractivity contribution in [2.24, 2.45) is 5.73 Å². The second-order valence-electron chi connectivity index (χ2n) is 2.46. The van der Waals surface area contributed by atoms with Gasteiger partial charge < -0.3 is 5.73 Å². The van der Waals surface area contributed by atoms with Gasteiger partial charge in [-0.05, 0) is 11.6 Å². The van der Waals surface area contributed by atoms with Crippen LogP contribution in [0.1, 0.15) is 17.2 Å². The lowest BCUT2D eigenvalue weighted by atomic mass is 10.0. The predicted molar refractivity (Wildman–Crippen MR) is 55.5 cm³/mol. The zero-order chi connectivity index (χ0) is 8.97. The first-order chi connectivity index (χ1) is 5.79. The van der Waals surface area contributed by atoms with Crippen LogP contribution in [0.2, 0.25) is 0 Å². The molecule has 1 aromatic carbocycles. The summed E-state index contributed by atoms with van der Waals surface area (Å²) in [5.74, 6) is 0. The zero-order valence-electron chi connectivity index (χ0n) is 7.10. The van der Waals surface area contributed by atoms with Gasteiger partial charge in [0.05, 0.1) is 11.6 Å². The number of nitrogens with zero attached hydrogens (tertiary/aromatic N) is 1. The van der Waals surface area contributed by atoms with E-state index in [2.05, 4.69) is 12.6 Å². The first kappa shape index (κ1) is 11.7. The Labute approximate surface area is 84.1 Å². The molecule has 0 aliphatic rings. The first-order valence-electron chi connectivity index (χ1n) is 3.66. The van der Waals surface area contributed by atoms with E-state index in [0.717, 1.165) is 5.56 Å². The van der Waals surface area contributed by atoms with Crippen LogP contribution in [-0.2, 0) is 0 Å². The van der Waals surface area contributed by atoms with Crippen LogP contribution >= 0.6 is 12.4 Å². The molecule has 3 heteroatoms. The summed E-state index contributed by atoms with van der Waals surface area (Å²) in [4.78, 5) is 0. The highest BCUT2D eigenvalue weighted by Crippen LogP contribution is 2.15. The summed E-state index contributed by atoms with van der Waals surface area (Å²) in [7, 11) is 0. The molecule has 0 saturated carbocycles. The third-order valence-electron chi connectivity index (χ3n) is 1.69. The molecule has 68 valence electrons. The maximum absolute atomic E-state index is 8.72. The van der Waals surface area contributed by atoms with Crippen molar-refractivity contribution in [3.63, 3.8) is 0 Å². The Morgan fingerprint density at radius 2 is 2.08 bits per heavy atom. The van der Waals surface area contributed by atoms with Crippen molar-refractivity contribution in [2.75, 3.05) is 0 Å². The standard InChI is InChI=1S/C10H10N2.ClH/c1-2-10(12)9-6-4-3-5-8(9)7-11;/h2-6,10H,1,12H2;1H/t10-;/m0./s1.